The Kier molecular flexibility index (Phi) is 4.65. The molecular weight excluding hydrogens is 364 g/mol. The maximum atomic E-state index is 12.9. The molecule has 0 saturated carbocycles. The van der Waals surface area contributed by atoms with Gasteiger partial charge in [0.15, 0.2) is 0 Å². The fourth-order valence-corrected chi connectivity index (χ4v) is 5.33. The van der Waals surface area contributed by atoms with Crippen molar-refractivity contribution in [2.45, 2.75) is 37.2 Å². The second-order valence-electron chi connectivity index (χ2n) is 7.11. The van der Waals surface area contributed by atoms with Gasteiger partial charge in [-0.25, -0.2) is 13.2 Å². The summed E-state index contributed by atoms with van der Waals surface area (Å²) in [6, 6.07) is 13.0. The van der Waals surface area contributed by atoms with E-state index in [4.69, 9.17) is 4.74 Å². The molecule has 1 amide bonds. The summed E-state index contributed by atoms with van der Waals surface area (Å²) in [5.41, 5.74) is 3.85. The number of piperidine rings is 1. The van der Waals surface area contributed by atoms with Crippen LogP contribution in [0.4, 0.5) is 10.5 Å². The number of carbonyl (C=O) groups excluding carboxylic acids is 1. The molecule has 2 aromatic carbocycles. The van der Waals surface area contributed by atoms with E-state index in [1.54, 1.807) is 22.5 Å². The first-order valence-electron chi connectivity index (χ1n) is 9.07. The van der Waals surface area contributed by atoms with Gasteiger partial charge < -0.3 is 4.74 Å². The SMILES string of the molecule is Cc1cccc(S(=O)(=O)N2CCC(c3ccc4c(c3)COC(=O)N4)CC2)c1. The second kappa shape index (κ2) is 6.98. The highest BCUT2D eigenvalue weighted by molar-refractivity contribution is 7.89. The molecule has 0 aliphatic carbocycles. The number of nitrogens with zero attached hydrogens (tertiary/aromatic N) is 1. The normalized spacial score (nSPS) is 18.5. The van der Waals surface area contributed by atoms with Crippen LogP contribution in [0, 0.1) is 6.92 Å². The summed E-state index contributed by atoms with van der Waals surface area (Å²) in [7, 11) is -3.44. The van der Waals surface area contributed by atoms with E-state index in [-0.39, 0.29) is 6.61 Å². The van der Waals surface area contributed by atoms with E-state index < -0.39 is 16.1 Å². The summed E-state index contributed by atoms with van der Waals surface area (Å²) >= 11 is 0. The van der Waals surface area contributed by atoms with Crippen LogP contribution >= 0.6 is 0 Å². The zero-order chi connectivity index (χ0) is 19.0. The van der Waals surface area contributed by atoms with E-state index >= 15 is 0 Å². The molecule has 0 atom stereocenters. The largest absolute Gasteiger partial charge is 0.444 e. The average Bonchev–Trinajstić information content (AvgIpc) is 2.67. The number of carbonyl (C=O) groups is 1. The molecule has 2 aromatic rings. The Bertz CT molecular complexity index is 979. The van der Waals surface area contributed by atoms with Crippen LogP contribution < -0.4 is 5.32 Å². The van der Waals surface area contributed by atoms with Crippen LogP contribution in [0.3, 0.4) is 0 Å². The van der Waals surface area contributed by atoms with Crippen molar-refractivity contribution in [3.63, 3.8) is 0 Å². The van der Waals surface area contributed by atoms with Gasteiger partial charge >= 0.3 is 6.09 Å². The van der Waals surface area contributed by atoms with Crippen LogP contribution in [0.15, 0.2) is 47.4 Å². The summed E-state index contributed by atoms with van der Waals surface area (Å²) in [6.45, 7) is 3.18. The number of benzene rings is 2. The van der Waals surface area contributed by atoms with Gasteiger partial charge in [0.25, 0.3) is 0 Å². The minimum Gasteiger partial charge on any atom is -0.444 e. The van der Waals surface area contributed by atoms with Gasteiger partial charge in [-0.3, -0.25) is 5.32 Å². The van der Waals surface area contributed by atoms with Crippen LogP contribution in [0.2, 0.25) is 0 Å². The van der Waals surface area contributed by atoms with E-state index in [0.717, 1.165) is 29.7 Å². The topological polar surface area (TPSA) is 75.7 Å². The van der Waals surface area contributed by atoms with Gasteiger partial charge in [-0.1, -0.05) is 24.3 Å². The Morgan fingerprint density at radius 2 is 1.89 bits per heavy atom. The van der Waals surface area contributed by atoms with Crippen molar-refractivity contribution in [2.75, 3.05) is 18.4 Å². The number of ether oxygens (including phenoxy) is 1. The van der Waals surface area contributed by atoms with Crippen LogP contribution in [0.5, 0.6) is 0 Å². The van der Waals surface area contributed by atoms with E-state index in [1.165, 1.54) is 5.56 Å². The van der Waals surface area contributed by atoms with Crippen LogP contribution in [0.1, 0.15) is 35.4 Å². The predicted octanol–water partition coefficient (Wildman–Crippen LogP) is 3.63. The summed E-state index contributed by atoms with van der Waals surface area (Å²) in [5, 5.41) is 2.69. The number of hydrogen-bond donors (Lipinski definition) is 1. The molecule has 2 aliphatic heterocycles. The Morgan fingerprint density at radius 1 is 1.11 bits per heavy atom. The van der Waals surface area contributed by atoms with Gasteiger partial charge in [0.2, 0.25) is 10.0 Å². The van der Waals surface area contributed by atoms with Crippen molar-refractivity contribution in [1.29, 1.82) is 0 Å². The number of anilines is 1. The third-order valence-corrected chi connectivity index (χ3v) is 7.17. The number of sulfonamides is 1. The third kappa shape index (κ3) is 3.57. The molecule has 1 fully saturated rings. The predicted molar refractivity (Wildman–Crippen MR) is 102 cm³/mol. The molecule has 0 spiro atoms. The third-order valence-electron chi connectivity index (χ3n) is 5.28. The van der Waals surface area contributed by atoms with Gasteiger partial charge in [-0.2, -0.15) is 4.31 Å². The molecule has 6 nitrogen and oxygen atoms in total. The number of cyclic esters (lactones) is 1. The smallest absolute Gasteiger partial charge is 0.411 e. The molecule has 0 unspecified atom stereocenters. The van der Waals surface area contributed by atoms with E-state index in [1.807, 2.05) is 25.1 Å². The quantitative estimate of drug-likeness (QED) is 0.874. The lowest BCUT2D eigenvalue weighted by atomic mass is 9.89. The molecule has 27 heavy (non-hydrogen) atoms. The van der Waals surface area contributed by atoms with Gasteiger partial charge in [0, 0.05) is 18.7 Å². The highest BCUT2D eigenvalue weighted by Crippen LogP contribution is 2.33. The molecule has 0 aromatic heterocycles. The summed E-state index contributed by atoms with van der Waals surface area (Å²) in [4.78, 5) is 11.6. The molecule has 142 valence electrons. The highest BCUT2D eigenvalue weighted by Gasteiger charge is 2.30. The molecule has 0 radical (unpaired) electrons. The minimum atomic E-state index is -3.44. The molecule has 2 heterocycles. The standard InChI is InChI=1S/C20H22N2O4S/c1-14-3-2-4-18(11-14)27(24,25)22-9-7-15(8-10-22)16-5-6-19-17(12-16)13-26-20(23)21-19/h2-6,11-12,15H,7-10,13H2,1H3,(H,21,23). The second-order valence-corrected chi connectivity index (χ2v) is 9.05. The fourth-order valence-electron chi connectivity index (χ4n) is 3.75. The van der Waals surface area contributed by atoms with Crippen molar-refractivity contribution >= 4 is 21.8 Å². The zero-order valence-corrected chi connectivity index (χ0v) is 16.0. The first kappa shape index (κ1) is 18.0. The van der Waals surface area contributed by atoms with Crippen LogP contribution in [0.25, 0.3) is 0 Å². The number of aryl methyl sites for hydroxylation is 1. The van der Waals surface area contributed by atoms with E-state index in [2.05, 4.69) is 11.4 Å². The van der Waals surface area contributed by atoms with E-state index in [9.17, 15) is 13.2 Å². The zero-order valence-electron chi connectivity index (χ0n) is 15.1. The van der Waals surface area contributed by atoms with Crippen LogP contribution in [-0.2, 0) is 21.4 Å². The lowest BCUT2D eigenvalue weighted by Gasteiger charge is -2.32. The lowest BCUT2D eigenvalue weighted by molar-refractivity contribution is 0.151. The van der Waals surface area contributed by atoms with Gasteiger partial charge in [0.1, 0.15) is 6.61 Å². The van der Waals surface area contributed by atoms with Crippen molar-refractivity contribution in [3.8, 4) is 0 Å². The molecular formula is C20H22N2O4S. The molecule has 1 N–H and O–H groups in total. The lowest BCUT2D eigenvalue weighted by Crippen LogP contribution is -2.38. The molecule has 0 bridgehead atoms. The Morgan fingerprint density at radius 3 is 2.63 bits per heavy atom. The maximum absolute atomic E-state index is 12.9. The molecule has 4 rings (SSSR count). The van der Waals surface area contributed by atoms with Gasteiger partial charge in [-0.05, 0) is 55.0 Å². The van der Waals surface area contributed by atoms with E-state index in [0.29, 0.717) is 23.9 Å². The Balaban J connectivity index is 1.47. The van der Waals surface area contributed by atoms with Crippen LogP contribution in [-0.4, -0.2) is 31.9 Å². The highest BCUT2D eigenvalue weighted by atomic mass is 32.2. The Hall–Kier alpha value is -2.38. The average molecular weight is 386 g/mol. The molecule has 2 aliphatic rings. The number of fused-ring (bicyclic) bond motifs is 1. The number of amides is 1. The molecule has 7 heteroatoms. The van der Waals surface area contributed by atoms with Crippen molar-refractivity contribution in [3.05, 3.63) is 59.2 Å². The number of nitrogens with one attached hydrogen (secondary N) is 1. The summed E-state index contributed by atoms with van der Waals surface area (Å²) in [5.74, 6) is 0.303. The number of rotatable bonds is 3. The fraction of sp³-hybridized carbons (Fsp3) is 0.350. The first-order valence-corrected chi connectivity index (χ1v) is 10.5. The maximum Gasteiger partial charge on any atom is 0.411 e. The monoisotopic (exact) mass is 386 g/mol. The number of hydrogen-bond acceptors (Lipinski definition) is 4. The van der Waals surface area contributed by atoms with Crippen molar-refractivity contribution in [1.82, 2.24) is 4.31 Å². The first-order chi connectivity index (χ1) is 12.9. The van der Waals surface area contributed by atoms with Gasteiger partial charge in [0.05, 0.1) is 10.6 Å². The van der Waals surface area contributed by atoms with Crippen molar-refractivity contribution in [2.24, 2.45) is 0 Å². The Labute approximate surface area is 159 Å². The van der Waals surface area contributed by atoms with Gasteiger partial charge in [-0.15, -0.1) is 0 Å². The summed E-state index contributed by atoms with van der Waals surface area (Å²) in [6.07, 6.45) is 1.12. The summed E-state index contributed by atoms with van der Waals surface area (Å²) < 4.78 is 32.4. The minimum absolute atomic E-state index is 0.273. The molecule has 1 saturated heterocycles. The van der Waals surface area contributed by atoms with Crippen molar-refractivity contribution < 1.29 is 17.9 Å².